The van der Waals surface area contributed by atoms with Gasteiger partial charge in [0.1, 0.15) is 40.7 Å². The molecule has 42 heavy (non-hydrogen) atoms. The van der Waals surface area contributed by atoms with E-state index in [-0.39, 0.29) is 18.0 Å². The number of imidazole rings is 1. The summed E-state index contributed by atoms with van der Waals surface area (Å²) in [6, 6.07) is 11.6. The molecule has 1 fully saturated rings. The van der Waals surface area contributed by atoms with Crippen molar-refractivity contribution in [2.24, 2.45) is 7.05 Å². The highest BCUT2D eigenvalue weighted by molar-refractivity contribution is 5.91. The van der Waals surface area contributed by atoms with Gasteiger partial charge in [-0.2, -0.15) is 0 Å². The van der Waals surface area contributed by atoms with Crippen molar-refractivity contribution in [1.29, 1.82) is 0 Å². The molecule has 1 aliphatic heterocycles. The fourth-order valence-corrected chi connectivity index (χ4v) is 5.03. The Morgan fingerprint density at radius 2 is 1.83 bits per heavy atom. The van der Waals surface area contributed by atoms with Gasteiger partial charge in [0.15, 0.2) is 5.65 Å². The zero-order valence-corrected chi connectivity index (χ0v) is 24.4. The van der Waals surface area contributed by atoms with Crippen molar-refractivity contribution in [3.05, 3.63) is 54.6 Å². The molecule has 0 saturated carbocycles. The minimum Gasteiger partial charge on any atom is -0.473 e. The van der Waals surface area contributed by atoms with Crippen LogP contribution in [0.2, 0.25) is 0 Å². The van der Waals surface area contributed by atoms with E-state index in [1.165, 1.54) is 6.33 Å². The summed E-state index contributed by atoms with van der Waals surface area (Å²) in [6.07, 6.45) is 4.01. The number of nitrogens with zero attached hydrogens (tertiary/aromatic N) is 7. The van der Waals surface area contributed by atoms with Gasteiger partial charge in [-0.25, -0.2) is 24.4 Å². The van der Waals surface area contributed by atoms with Crippen LogP contribution in [-0.4, -0.2) is 65.1 Å². The van der Waals surface area contributed by atoms with Crippen LogP contribution in [0.25, 0.3) is 27.8 Å². The number of anilines is 1. The smallest absolute Gasteiger partial charge is 0.410 e. The first-order valence-corrected chi connectivity index (χ1v) is 13.9. The molecule has 0 aliphatic carbocycles. The second kappa shape index (κ2) is 10.5. The predicted octanol–water partition coefficient (Wildman–Crippen LogP) is 5.16. The van der Waals surface area contributed by atoms with Crippen LogP contribution in [0.3, 0.4) is 0 Å². The fraction of sp³-hybridized carbons (Fsp3) is 0.367. The minimum atomic E-state index is -0.537. The summed E-state index contributed by atoms with van der Waals surface area (Å²) in [7, 11) is 1.96. The summed E-state index contributed by atoms with van der Waals surface area (Å²) >= 11 is 0. The first kappa shape index (κ1) is 27.3. The number of rotatable bonds is 5. The lowest BCUT2D eigenvalue weighted by Gasteiger charge is -2.33. The predicted molar refractivity (Wildman–Crippen MR) is 158 cm³/mol. The second-order valence-corrected chi connectivity index (χ2v) is 11.5. The maximum Gasteiger partial charge on any atom is 0.410 e. The Bertz CT molecular complexity index is 1780. The number of nitrogen functional groups attached to an aromatic ring is 1. The first-order valence-electron chi connectivity index (χ1n) is 13.9. The molecule has 4 heterocycles. The molecule has 1 saturated heterocycles. The molecule has 0 spiro atoms. The molecule has 0 radical (unpaired) electrons. The maximum atomic E-state index is 12.5. The summed E-state index contributed by atoms with van der Waals surface area (Å²) in [5.41, 5.74) is 9.87. The summed E-state index contributed by atoms with van der Waals surface area (Å²) in [5, 5.41) is 5.31. The second-order valence-electron chi connectivity index (χ2n) is 11.5. The third-order valence-electron chi connectivity index (χ3n) is 7.16. The van der Waals surface area contributed by atoms with Crippen molar-refractivity contribution < 1.29 is 19.0 Å². The molecule has 218 valence electrons. The Morgan fingerprint density at radius 1 is 1.05 bits per heavy atom. The third kappa shape index (κ3) is 5.39. The van der Waals surface area contributed by atoms with Crippen molar-refractivity contribution >= 4 is 34.0 Å². The highest BCUT2D eigenvalue weighted by Crippen LogP contribution is 2.34. The Balaban J connectivity index is 1.22. The molecule has 12 heteroatoms. The van der Waals surface area contributed by atoms with Crippen LogP contribution in [0.4, 0.5) is 10.6 Å². The summed E-state index contributed by atoms with van der Waals surface area (Å²) in [6.45, 7) is 8.61. The number of fused-ring (bicyclic) bond motifs is 2. The third-order valence-corrected chi connectivity index (χ3v) is 7.16. The SMILES string of the molecule is Cc1cc(-n2nc(OC3CCN(C(=O)OC(C)(C)C)CC3)c3c(N)ncnc32)ccc1Oc1ccc2c(c1)ncn2C. The number of piperidine rings is 1. The quantitative estimate of drug-likeness (QED) is 0.304. The van der Waals surface area contributed by atoms with Crippen LogP contribution >= 0.6 is 0 Å². The van der Waals surface area contributed by atoms with Crippen LogP contribution in [0.15, 0.2) is 49.1 Å². The molecule has 1 amide bonds. The van der Waals surface area contributed by atoms with E-state index in [0.717, 1.165) is 22.3 Å². The van der Waals surface area contributed by atoms with E-state index >= 15 is 0 Å². The van der Waals surface area contributed by atoms with Crippen LogP contribution in [0, 0.1) is 6.92 Å². The highest BCUT2D eigenvalue weighted by Gasteiger charge is 2.29. The molecule has 5 aromatic rings. The standard InChI is InChI=1S/C30H34N8O4/c1-18-14-19(6-9-24(18)40-21-7-8-23-22(15-21)34-17-36(23)5)38-27-25(26(31)32-16-33-27)28(35-38)41-20-10-12-37(13-11-20)29(39)42-30(2,3)4/h6-9,14-17,20H,10-13H2,1-5H3,(H2,31,32,33). The number of amides is 1. The number of carbonyl (C=O) groups is 1. The van der Waals surface area contributed by atoms with Gasteiger partial charge in [0.2, 0.25) is 5.88 Å². The van der Waals surface area contributed by atoms with E-state index < -0.39 is 5.60 Å². The number of benzene rings is 2. The van der Waals surface area contributed by atoms with Crippen molar-refractivity contribution in [2.75, 3.05) is 18.8 Å². The normalized spacial score (nSPS) is 14.5. The van der Waals surface area contributed by atoms with Crippen LogP contribution in [-0.2, 0) is 11.8 Å². The van der Waals surface area contributed by atoms with E-state index in [9.17, 15) is 4.79 Å². The Morgan fingerprint density at radius 3 is 2.57 bits per heavy atom. The fourth-order valence-electron chi connectivity index (χ4n) is 5.03. The van der Waals surface area contributed by atoms with Gasteiger partial charge in [0, 0.05) is 39.0 Å². The summed E-state index contributed by atoms with van der Waals surface area (Å²) < 4.78 is 21.7. The van der Waals surface area contributed by atoms with Crippen LogP contribution in [0.1, 0.15) is 39.2 Å². The highest BCUT2D eigenvalue weighted by atomic mass is 16.6. The van der Waals surface area contributed by atoms with Gasteiger partial charge >= 0.3 is 6.09 Å². The van der Waals surface area contributed by atoms with Crippen molar-refractivity contribution in [3.8, 4) is 23.1 Å². The van der Waals surface area contributed by atoms with E-state index in [1.807, 2.05) is 75.7 Å². The number of likely N-dealkylation sites (tertiary alicyclic amines) is 1. The largest absolute Gasteiger partial charge is 0.473 e. The molecule has 6 rings (SSSR count). The average Bonchev–Trinajstić information content (AvgIpc) is 3.50. The Hall–Kier alpha value is -4.87. The van der Waals surface area contributed by atoms with E-state index in [4.69, 9.17) is 25.0 Å². The van der Waals surface area contributed by atoms with Crippen LogP contribution < -0.4 is 15.2 Å². The molecule has 0 unspecified atom stereocenters. The van der Waals surface area contributed by atoms with Crippen molar-refractivity contribution in [1.82, 2.24) is 34.2 Å². The van der Waals surface area contributed by atoms with E-state index in [2.05, 4.69) is 15.0 Å². The molecule has 3 aromatic heterocycles. The molecule has 2 aromatic carbocycles. The first-order chi connectivity index (χ1) is 20.1. The van der Waals surface area contributed by atoms with E-state index in [0.29, 0.717) is 54.3 Å². The maximum absolute atomic E-state index is 12.5. The molecule has 1 aliphatic rings. The molecule has 2 N–H and O–H groups in total. The number of nitrogens with two attached hydrogens (primary N) is 1. The number of ether oxygens (including phenoxy) is 3. The van der Waals surface area contributed by atoms with Gasteiger partial charge in [-0.05, 0) is 63.6 Å². The lowest BCUT2D eigenvalue weighted by molar-refractivity contribution is 0.0124. The van der Waals surface area contributed by atoms with Gasteiger partial charge in [0.25, 0.3) is 0 Å². The minimum absolute atomic E-state index is 0.149. The van der Waals surface area contributed by atoms with Gasteiger partial charge in [0.05, 0.1) is 23.0 Å². The average molecular weight is 571 g/mol. The molecule has 0 atom stereocenters. The van der Waals surface area contributed by atoms with E-state index in [1.54, 1.807) is 15.9 Å². The monoisotopic (exact) mass is 570 g/mol. The topological polar surface area (TPSA) is 135 Å². The van der Waals surface area contributed by atoms with Crippen molar-refractivity contribution in [2.45, 2.75) is 52.2 Å². The molecular weight excluding hydrogens is 536 g/mol. The van der Waals surface area contributed by atoms with Crippen LogP contribution in [0.5, 0.6) is 17.4 Å². The number of aryl methyl sites for hydroxylation is 2. The number of aromatic nitrogens is 6. The van der Waals surface area contributed by atoms with Gasteiger partial charge in [-0.15, -0.1) is 5.10 Å². The van der Waals surface area contributed by atoms with Gasteiger partial charge in [-0.3, -0.25) is 0 Å². The summed E-state index contributed by atoms with van der Waals surface area (Å²) in [5.74, 6) is 2.07. The Kier molecular flexibility index (Phi) is 6.83. The molecule has 0 bridgehead atoms. The number of hydrogen-bond donors (Lipinski definition) is 1. The number of carbonyl (C=O) groups excluding carboxylic acids is 1. The zero-order valence-electron chi connectivity index (χ0n) is 24.4. The van der Waals surface area contributed by atoms with Gasteiger partial charge in [-0.1, -0.05) is 0 Å². The Labute approximate surface area is 243 Å². The zero-order chi connectivity index (χ0) is 29.6. The van der Waals surface area contributed by atoms with Gasteiger partial charge < -0.3 is 29.4 Å². The summed E-state index contributed by atoms with van der Waals surface area (Å²) in [4.78, 5) is 27.2. The van der Waals surface area contributed by atoms with Crippen molar-refractivity contribution in [3.63, 3.8) is 0 Å². The lowest BCUT2D eigenvalue weighted by Crippen LogP contribution is -2.44. The number of hydrogen-bond acceptors (Lipinski definition) is 9. The molecular formula is C30H34N8O4. The molecule has 12 nitrogen and oxygen atoms in total. The lowest BCUT2D eigenvalue weighted by atomic mass is 10.1.